The van der Waals surface area contributed by atoms with Crippen molar-refractivity contribution in [1.29, 1.82) is 0 Å². The van der Waals surface area contributed by atoms with Gasteiger partial charge in [0.1, 0.15) is 12.2 Å². The van der Waals surface area contributed by atoms with E-state index in [-0.39, 0.29) is 23.0 Å². The Morgan fingerprint density at radius 1 is 0.414 bits per heavy atom. The Balaban J connectivity index is 0.000000150. The molecular weight excluding hydrogens is 717 g/mol. The van der Waals surface area contributed by atoms with Gasteiger partial charge >= 0.3 is 0 Å². The van der Waals surface area contributed by atoms with Crippen LogP contribution in [-0.4, -0.2) is 42.1 Å². The maximum Gasteiger partial charge on any atom is 0.214 e. The largest absolute Gasteiger partial charge is 0.474 e. The molecule has 6 aromatic rings. The lowest BCUT2D eigenvalue weighted by molar-refractivity contribution is 0.0273. The summed E-state index contributed by atoms with van der Waals surface area (Å²) < 4.78 is 12.9. The number of aromatic nitrogens is 6. The van der Waals surface area contributed by atoms with Crippen molar-refractivity contribution in [1.82, 2.24) is 29.9 Å². The Morgan fingerprint density at radius 2 is 0.759 bits per heavy atom. The molecule has 0 spiro atoms. The van der Waals surface area contributed by atoms with Gasteiger partial charge in [-0.15, -0.1) is 0 Å². The molecule has 4 fully saturated rings. The zero-order valence-electron chi connectivity index (χ0n) is 34.6. The molecule has 0 aliphatic heterocycles. The van der Waals surface area contributed by atoms with Crippen molar-refractivity contribution in [2.45, 2.75) is 92.3 Å². The van der Waals surface area contributed by atoms with E-state index in [1.807, 2.05) is 109 Å². The first-order valence-electron chi connectivity index (χ1n) is 21.0. The van der Waals surface area contributed by atoms with E-state index in [1.165, 1.54) is 25.7 Å². The highest BCUT2D eigenvalue weighted by Gasteiger charge is 2.63. The first-order valence-corrected chi connectivity index (χ1v) is 21.0. The Hall–Kier alpha value is -5.50. The average molecular weight is 771 g/mol. The van der Waals surface area contributed by atoms with Gasteiger partial charge in [-0.05, 0) is 122 Å². The molecule has 0 amide bonds. The van der Waals surface area contributed by atoms with Crippen molar-refractivity contribution in [3.63, 3.8) is 0 Å². The molecule has 58 heavy (non-hydrogen) atoms. The maximum absolute atomic E-state index is 6.47. The van der Waals surface area contributed by atoms with E-state index in [0.29, 0.717) is 22.6 Å². The first-order chi connectivity index (χ1) is 27.9. The number of nitrogens with zero attached hydrogens (tertiary/aromatic N) is 6. The summed E-state index contributed by atoms with van der Waals surface area (Å²) in [4.78, 5) is 28.0. The van der Waals surface area contributed by atoms with E-state index in [2.05, 4.69) is 51.5 Å². The Labute approximate surface area is 343 Å². The number of hydrogen-bond donors (Lipinski definition) is 0. The van der Waals surface area contributed by atoms with Gasteiger partial charge in [-0.3, -0.25) is 9.97 Å². The molecule has 4 bridgehead atoms. The second-order valence-electron chi connectivity index (χ2n) is 18.4. The highest BCUT2D eigenvalue weighted by Crippen LogP contribution is 2.67. The molecule has 10 rings (SSSR count). The maximum atomic E-state index is 6.47. The van der Waals surface area contributed by atoms with Gasteiger partial charge < -0.3 is 9.47 Å². The second kappa shape index (κ2) is 14.7. The third-order valence-corrected chi connectivity index (χ3v) is 15.3. The van der Waals surface area contributed by atoms with Crippen LogP contribution in [0.1, 0.15) is 80.1 Å². The van der Waals surface area contributed by atoms with Crippen molar-refractivity contribution in [2.24, 2.45) is 33.5 Å². The summed E-state index contributed by atoms with van der Waals surface area (Å²) in [6.07, 6.45) is 11.4. The van der Waals surface area contributed by atoms with E-state index in [0.717, 1.165) is 70.2 Å². The van der Waals surface area contributed by atoms with Crippen molar-refractivity contribution in [3.05, 3.63) is 122 Å². The van der Waals surface area contributed by atoms with Crippen LogP contribution in [0.25, 0.3) is 45.6 Å². The third-order valence-electron chi connectivity index (χ3n) is 15.3. The summed E-state index contributed by atoms with van der Waals surface area (Å²) in [6, 6.07) is 35.6. The predicted molar refractivity (Wildman–Crippen MR) is 229 cm³/mol. The molecule has 0 N–H and O–H groups in total. The number of ether oxygens (including phenoxy) is 2. The van der Waals surface area contributed by atoms with Gasteiger partial charge in [0, 0.05) is 35.4 Å². The lowest BCUT2D eigenvalue weighted by atomic mass is 9.70. The second-order valence-corrected chi connectivity index (χ2v) is 18.4. The van der Waals surface area contributed by atoms with E-state index in [4.69, 9.17) is 29.4 Å². The highest BCUT2D eigenvalue weighted by molar-refractivity contribution is 5.63. The molecule has 296 valence electrons. The van der Waals surface area contributed by atoms with Crippen LogP contribution in [-0.2, 0) is 0 Å². The summed E-state index contributed by atoms with van der Waals surface area (Å²) in [5.41, 5.74) is 7.81. The molecule has 0 radical (unpaired) electrons. The minimum Gasteiger partial charge on any atom is -0.474 e. The Bertz CT molecular complexity index is 2230. The molecule has 0 aromatic carbocycles. The molecule has 0 saturated heterocycles. The average Bonchev–Trinajstić information content (AvgIpc) is 3.77. The van der Waals surface area contributed by atoms with Crippen LogP contribution >= 0.6 is 0 Å². The molecule has 8 nitrogen and oxygen atoms in total. The summed E-state index contributed by atoms with van der Waals surface area (Å²) >= 11 is 0. The van der Waals surface area contributed by atoms with Gasteiger partial charge in [0.15, 0.2) is 0 Å². The highest BCUT2D eigenvalue weighted by atomic mass is 16.5. The topological polar surface area (TPSA) is 95.8 Å². The number of pyridine rings is 6. The zero-order valence-corrected chi connectivity index (χ0v) is 34.6. The normalized spacial score (nSPS) is 27.1. The fraction of sp³-hybridized carbons (Fsp3) is 0.400. The standard InChI is InChI=1S/2C25H27N3O/c2*1-24(2)17-13-14-25(24,3)22(16-17)29-23-12-7-11-21(28-23)20-10-6-9-19(27-20)18-8-4-5-15-26-18/h2*4-12,15,17,22H,13-14,16H2,1-3H3/t2*17-,22+,25+/m11/s1. The Kier molecular flexibility index (Phi) is 9.65. The molecule has 4 saturated carbocycles. The van der Waals surface area contributed by atoms with E-state index < -0.39 is 0 Å². The fourth-order valence-electron chi connectivity index (χ4n) is 10.6. The van der Waals surface area contributed by atoms with Gasteiger partial charge in [0.25, 0.3) is 0 Å². The van der Waals surface area contributed by atoms with Crippen LogP contribution < -0.4 is 9.47 Å². The number of hydrogen-bond acceptors (Lipinski definition) is 8. The molecule has 8 heteroatoms. The van der Waals surface area contributed by atoms with E-state index >= 15 is 0 Å². The van der Waals surface area contributed by atoms with Crippen LogP contribution in [0.15, 0.2) is 122 Å². The van der Waals surface area contributed by atoms with Crippen molar-refractivity contribution in [3.8, 4) is 57.3 Å². The van der Waals surface area contributed by atoms with Crippen molar-refractivity contribution < 1.29 is 9.47 Å². The summed E-state index contributed by atoms with van der Waals surface area (Å²) in [5.74, 6) is 2.89. The van der Waals surface area contributed by atoms with Crippen molar-refractivity contribution in [2.75, 3.05) is 0 Å². The van der Waals surface area contributed by atoms with Crippen LogP contribution in [0.5, 0.6) is 11.8 Å². The lowest BCUT2D eigenvalue weighted by Gasteiger charge is -2.38. The zero-order chi connectivity index (χ0) is 40.1. The summed E-state index contributed by atoms with van der Waals surface area (Å²) in [7, 11) is 0. The number of fused-ring (bicyclic) bond motifs is 4. The molecule has 4 aliphatic carbocycles. The van der Waals surface area contributed by atoms with Gasteiger partial charge in [-0.1, -0.05) is 77.9 Å². The monoisotopic (exact) mass is 770 g/mol. The molecule has 6 atom stereocenters. The fourth-order valence-corrected chi connectivity index (χ4v) is 10.6. The summed E-state index contributed by atoms with van der Waals surface area (Å²) in [6.45, 7) is 14.4. The number of rotatable bonds is 8. The molecule has 6 aromatic heterocycles. The van der Waals surface area contributed by atoms with E-state index in [1.54, 1.807) is 12.4 Å². The molecule has 4 aliphatic rings. The van der Waals surface area contributed by atoms with Gasteiger partial charge in [-0.25, -0.2) is 19.9 Å². The Morgan fingerprint density at radius 3 is 1.09 bits per heavy atom. The van der Waals surface area contributed by atoms with Crippen LogP contribution in [0.4, 0.5) is 0 Å². The smallest absolute Gasteiger partial charge is 0.214 e. The predicted octanol–water partition coefficient (Wildman–Crippen LogP) is 11.6. The quantitative estimate of drug-likeness (QED) is 0.151. The van der Waals surface area contributed by atoms with Crippen molar-refractivity contribution >= 4 is 0 Å². The third kappa shape index (κ3) is 6.64. The summed E-state index contributed by atoms with van der Waals surface area (Å²) in [5, 5.41) is 0. The minimum atomic E-state index is 0.215. The van der Waals surface area contributed by atoms with Crippen LogP contribution in [0.3, 0.4) is 0 Å². The van der Waals surface area contributed by atoms with E-state index in [9.17, 15) is 0 Å². The molecular formula is C50H54N6O2. The molecule has 0 unspecified atom stereocenters. The van der Waals surface area contributed by atoms with Gasteiger partial charge in [-0.2, -0.15) is 0 Å². The SMILES string of the molecule is CC1(C)[C@@H]2CC[C@@]1(C)[C@@H](Oc1cccc(-c3cccc(-c4ccccn4)n3)n1)C2.CC1(C)[C@@H]2CC[C@@]1(C)[C@@H](Oc1cccc(-c3cccc(-c4ccccn4)n3)n1)C2. The first kappa shape index (κ1) is 38.0. The van der Waals surface area contributed by atoms with Gasteiger partial charge in [0.05, 0.1) is 45.6 Å². The lowest BCUT2D eigenvalue weighted by Crippen LogP contribution is -2.39. The minimum absolute atomic E-state index is 0.215. The van der Waals surface area contributed by atoms with Gasteiger partial charge in [0.2, 0.25) is 11.8 Å². The van der Waals surface area contributed by atoms with Crippen LogP contribution in [0.2, 0.25) is 0 Å². The van der Waals surface area contributed by atoms with Crippen LogP contribution in [0, 0.1) is 33.5 Å². The molecule has 6 heterocycles.